The number of nitrogens with one attached hydrogen (secondary N) is 1. The third-order valence-electron chi connectivity index (χ3n) is 3.13. The van der Waals surface area contributed by atoms with Crippen molar-refractivity contribution in [3.05, 3.63) is 29.3 Å². The molecule has 0 heterocycles. The van der Waals surface area contributed by atoms with Crippen LogP contribution in [0.5, 0.6) is 5.75 Å². The third kappa shape index (κ3) is 3.72. The highest BCUT2D eigenvalue weighted by Gasteiger charge is 2.11. The molecule has 1 rings (SSSR count). The largest absolute Gasteiger partial charge is 0.496 e. The van der Waals surface area contributed by atoms with Gasteiger partial charge in [-0.05, 0) is 50.0 Å². The van der Waals surface area contributed by atoms with Gasteiger partial charge in [-0.15, -0.1) is 0 Å². The second kappa shape index (κ2) is 7.30. The van der Waals surface area contributed by atoms with E-state index in [2.05, 4.69) is 30.4 Å². The third-order valence-corrected chi connectivity index (χ3v) is 3.13. The number of benzene rings is 1. The first-order valence-corrected chi connectivity index (χ1v) is 6.30. The van der Waals surface area contributed by atoms with Crippen LogP contribution in [0.25, 0.3) is 0 Å². The Hall–Kier alpha value is -1.06. The first-order chi connectivity index (χ1) is 8.26. The van der Waals surface area contributed by atoms with E-state index in [1.165, 1.54) is 11.1 Å². The van der Waals surface area contributed by atoms with E-state index in [0.717, 1.165) is 31.6 Å². The van der Waals surface area contributed by atoms with Gasteiger partial charge in [0.1, 0.15) is 5.75 Å². The van der Waals surface area contributed by atoms with Crippen LogP contribution >= 0.6 is 0 Å². The second-order valence-electron chi connectivity index (χ2n) is 4.20. The van der Waals surface area contributed by atoms with Gasteiger partial charge in [0.05, 0.1) is 7.11 Å². The fourth-order valence-electron chi connectivity index (χ4n) is 2.09. The Balaban J connectivity index is 2.88. The van der Waals surface area contributed by atoms with E-state index in [-0.39, 0.29) is 0 Å². The van der Waals surface area contributed by atoms with E-state index in [4.69, 9.17) is 10.5 Å². The Kier molecular flexibility index (Phi) is 6.01. The summed E-state index contributed by atoms with van der Waals surface area (Å²) >= 11 is 0. The molecule has 1 atom stereocenters. The van der Waals surface area contributed by atoms with Crippen molar-refractivity contribution in [1.82, 2.24) is 5.32 Å². The van der Waals surface area contributed by atoms with Crippen LogP contribution in [-0.2, 0) is 6.42 Å². The monoisotopic (exact) mass is 236 g/mol. The van der Waals surface area contributed by atoms with Gasteiger partial charge in [-0.1, -0.05) is 19.1 Å². The van der Waals surface area contributed by atoms with Crippen molar-refractivity contribution in [3.8, 4) is 5.75 Å². The van der Waals surface area contributed by atoms with Crippen molar-refractivity contribution in [2.45, 2.75) is 32.2 Å². The minimum Gasteiger partial charge on any atom is -0.496 e. The van der Waals surface area contributed by atoms with Gasteiger partial charge in [0, 0.05) is 6.04 Å². The predicted octanol–water partition coefficient (Wildman–Crippen LogP) is 2.26. The number of ether oxygens (including phenoxy) is 1. The minimum atomic E-state index is 0.384. The topological polar surface area (TPSA) is 47.3 Å². The summed E-state index contributed by atoms with van der Waals surface area (Å²) in [6.45, 7) is 2.89. The average molecular weight is 236 g/mol. The van der Waals surface area contributed by atoms with Crippen molar-refractivity contribution in [2.75, 3.05) is 20.7 Å². The van der Waals surface area contributed by atoms with Crippen molar-refractivity contribution in [3.63, 3.8) is 0 Å². The van der Waals surface area contributed by atoms with Crippen molar-refractivity contribution in [1.29, 1.82) is 0 Å². The first kappa shape index (κ1) is 14.0. The van der Waals surface area contributed by atoms with E-state index >= 15 is 0 Å². The van der Waals surface area contributed by atoms with Gasteiger partial charge >= 0.3 is 0 Å². The number of rotatable bonds is 7. The summed E-state index contributed by atoms with van der Waals surface area (Å²) in [6.07, 6.45) is 3.10. The molecule has 96 valence electrons. The molecule has 0 spiro atoms. The van der Waals surface area contributed by atoms with Crippen LogP contribution in [0.2, 0.25) is 0 Å². The van der Waals surface area contributed by atoms with Crippen LogP contribution < -0.4 is 15.8 Å². The number of methoxy groups -OCH3 is 1. The molecule has 1 aromatic rings. The summed E-state index contributed by atoms with van der Waals surface area (Å²) in [5, 5.41) is 3.35. The molecule has 0 aliphatic heterocycles. The zero-order valence-corrected chi connectivity index (χ0v) is 11.1. The maximum Gasteiger partial charge on any atom is 0.122 e. The summed E-state index contributed by atoms with van der Waals surface area (Å²) in [7, 11) is 3.72. The van der Waals surface area contributed by atoms with Gasteiger partial charge < -0.3 is 15.8 Å². The second-order valence-corrected chi connectivity index (χ2v) is 4.20. The van der Waals surface area contributed by atoms with E-state index in [1.807, 2.05) is 7.05 Å². The fourth-order valence-corrected chi connectivity index (χ4v) is 2.09. The molecule has 0 aliphatic rings. The molecule has 3 nitrogen and oxygen atoms in total. The summed E-state index contributed by atoms with van der Waals surface area (Å²) in [5.41, 5.74) is 8.14. The van der Waals surface area contributed by atoms with Crippen LogP contribution in [0, 0.1) is 0 Å². The van der Waals surface area contributed by atoms with Crippen LogP contribution in [0.15, 0.2) is 18.2 Å². The molecule has 0 bridgehead atoms. The Morgan fingerprint density at radius 3 is 2.71 bits per heavy atom. The molecule has 0 amide bonds. The van der Waals surface area contributed by atoms with Crippen molar-refractivity contribution < 1.29 is 4.74 Å². The molecule has 0 saturated carbocycles. The van der Waals surface area contributed by atoms with Crippen LogP contribution in [-0.4, -0.2) is 20.7 Å². The molecule has 1 unspecified atom stereocenters. The highest BCUT2D eigenvalue weighted by molar-refractivity contribution is 5.38. The molecule has 0 aliphatic carbocycles. The molecule has 3 N–H and O–H groups in total. The lowest BCUT2D eigenvalue weighted by Gasteiger charge is -2.18. The van der Waals surface area contributed by atoms with Gasteiger partial charge in [0.25, 0.3) is 0 Å². The number of hydrogen-bond donors (Lipinski definition) is 2. The van der Waals surface area contributed by atoms with E-state index in [9.17, 15) is 0 Å². The molecule has 0 aromatic heterocycles. The Morgan fingerprint density at radius 2 is 2.18 bits per heavy atom. The molecule has 3 heteroatoms. The van der Waals surface area contributed by atoms with Gasteiger partial charge in [-0.2, -0.15) is 0 Å². The summed E-state index contributed by atoms with van der Waals surface area (Å²) in [6, 6.07) is 6.81. The molecule has 0 radical (unpaired) electrons. The highest BCUT2D eigenvalue weighted by atomic mass is 16.5. The zero-order chi connectivity index (χ0) is 12.7. The summed E-state index contributed by atoms with van der Waals surface area (Å²) in [5.74, 6) is 0.977. The molecule has 0 fully saturated rings. The smallest absolute Gasteiger partial charge is 0.122 e. The quantitative estimate of drug-likeness (QED) is 0.763. The molecule has 17 heavy (non-hydrogen) atoms. The van der Waals surface area contributed by atoms with Crippen molar-refractivity contribution >= 4 is 0 Å². The van der Waals surface area contributed by atoms with E-state index in [1.54, 1.807) is 7.11 Å². The summed E-state index contributed by atoms with van der Waals surface area (Å²) < 4.78 is 5.35. The molecular formula is C14H24N2O. The maximum atomic E-state index is 5.56. The Bertz CT molecular complexity index is 339. The normalized spacial score (nSPS) is 12.5. The summed E-state index contributed by atoms with van der Waals surface area (Å²) in [4.78, 5) is 0. The van der Waals surface area contributed by atoms with Crippen LogP contribution in [0.4, 0.5) is 0 Å². The van der Waals surface area contributed by atoms with Crippen LogP contribution in [0.3, 0.4) is 0 Å². The number of nitrogens with two attached hydrogens (primary N) is 1. The van der Waals surface area contributed by atoms with Gasteiger partial charge in [-0.3, -0.25) is 0 Å². The molecule has 1 aromatic carbocycles. The predicted molar refractivity (Wildman–Crippen MR) is 72.5 cm³/mol. The lowest BCUT2D eigenvalue weighted by atomic mass is 9.98. The average Bonchev–Trinajstić information content (AvgIpc) is 2.39. The fraction of sp³-hybridized carbons (Fsp3) is 0.571. The van der Waals surface area contributed by atoms with Crippen molar-refractivity contribution in [2.24, 2.45) is 5.73 Å². The maximum absolute atomic E-state index is 5.56. The SMILES string of the molecule is CCc1cc(C(CCCN)NC)ccc1OC. The highest BCUT2D eigenvalue weighted by Crippen LogP contribution is 2.25. The lowest BCUT2D eigenvalue weighted by Crippen LogP contribution is -2.18. The molecular weight excluding hydrogens is 212 g/mol. The van der Waals surface area contributed by atoms with E-state index in [0.29, 0.717) is 6.04 Å². The van der Waals surface area contributed by atoms with E-state index < -0.39 is 0 Å². The minimum absolute atomic E-state index is 0.384. The van der Waals surface area contributed by atoms with Gasteiger partial charge in [0.15, 0.2) is 0 Å². The standard InChI is InChI=1S/C14H24N2O/c1-4-11-10-12(7-8-14(11)17-3)13(16-2)6-5-9-15/h7-8,10,13,16H,4-6,9,15H2,1-3H3. The van der Waals surface area contributed by atoms with Gasteiger partial charge in [0.2, 0.25) is 0 Å². The Labute approximate surface area is 104 Å². The lowest BCUT2D eigenvalue weighted by molar-refractivity contribution is 0.409. The zero-order valence-electron chi connectivity index (χ0n) is 11.1. The first-order valence-electron chi connectivity index (χ1n) is 6.30. The number of aryl methyl sites for hydroxylation is 1. The van der Waals surface area contributed by atoms with Crippen LogP contribution in [0.1, 0.15) is 36.9 Å². The van der Waals surface area contributed by atoms with Gasteiger partial charge in [-0.25, -0.2) is 0 Å². The molecule has 0 saturated heterocycles. The Morgan fingerprint density at radius 1 is 1.41 bits per heavy atom. The number of hydrogen-bond acceptors (Lipinski definition) is 3.